The maximum Gasteiger partial charge on any atom is 0.407 e. The highest BCUT2D eigenvalue weighted by Gasteiger charge is 2.34. The van der Waals surface area contributed by atoms with Crippen LogP contribution in [0.25, 0.3) is 17.2 Å². The molecule has 0 saturated heterocycles. The van der Waals surface area contributed by atoms with Crippen LogP contribution in [0.3, 0.4) is 0 Å². The summed E-state index contributed by atoms with van der Waals surface area (Å²) in [6, 6.07) is 34.1. The van der Waals surface area contributed by atoms with Crippen LogP contribution in [0.15, 0.2) is 121 Å². The van der Waals surface area contributed by atoms with Gasteiger partial charge in [0.05, 0.1) is 52.8 Å². The first-order chi connectivity index (χ1) is 40.1. The molecule has 1 aliphatic rings. The number of hydrogen-bond donors (Lipinski definition) is 5. The third-order valence-electron chi connectivity index (χ3n) is 14.1. The molecule has 0 bridgehead atoms. The molecule has 3 atom stereocenters. The number of aliphatic hydroxyl groups excluding tert-OH is 1. The van der Waals surface area contributed by atoms with Crippen molar-refractivity contribution in [3.05, 3.63) is 166 Å². The normalized spacial score (nSPS) is 13.3. The number of fused-ring (bicyclic) bond motifs is 3. The maximum atomic E-state index is 13.7. The van der Waals surface area contributed by atoms with E-state index in [9.17, 15) is 33.9 Å². The van der Waals surface area contributed by atoms with Gasteiger partial charge in [0.25, 0.3) is 5.91 Å². The Morgan fingerprint density at radius 2 is 1.26 bits per heavy atom. The highest BCUT2D eigenvalue weighted by Crippen LogP contribution is 2.44. The quantitative estimate of drug-likeness (QED) is 0.0121. The predicted octanol–water partition coefficient (Wildman–Crippen LogP) is 9.06. The monoisotopic (exact) mass is 1150 g/mol. The number of methoxy groups -OCH3 is 1. The van der Waals surface area contributed by atoms with Crippen molar-refractivity contribution in [2.45, 2.75) is 110 Å². The lowest BCUT2D eigenvalue weighted by Gasteiger charge is -2.26. The average Bonchev–Trinajstić information content (AvgIpc) is 3.26. The molecule has 0 fully saturated rings. The van der Waals surface area contributed by atoms with Crippen LogP contribution < -0.4 is 26.0 Å². The number of rotatable bonds is 31. The molecule has 0 radical (unpaired) electrons. The van der Waals surface area contributed by atoms with Crippen molar-refractivity contribution in [1.82, 2.24) is 21.3 Å². The van der Waals surface area contributed by atoms with Gasteiger partial charge in [-0.2, -0.15) is 0 Å². The minimum atomic E-state index is -1.72. The number of carbonyl (C=O) groups is 6. The van der Waals surface area contributed by atoms with Crippen molar-refractivity contribution in [2.24, 2.45) is 5.92 Å². The van der Waals surface area contributed by atoms with Crippen molar-refractivity contribution < 1.29 is 62.3 Å². The van der Waals surface area contributed by atoms with Gasteiger partial charge in [0.2, 0.25) is 11.8 Å². The molecule has 17 heteroatoms. The van der Waals surface area contributed by atoms with E-state index in [1.165, 1.54) is 13.2 Å². The van der Waals surface area contributed by atoms with Gasteiger partial charge in [-0.1, -0.05) is 152 Å². The van der Waals surface area contributed by atoms with E-state index in [0.29, 0.717) is 24.1 Å². The summed E-state index contributed by atoms with van der Waals surface area (Å²) in [6.07, 6.45) is 1.53. The van der Waals surface area contributed by atoms with E-state index >= 15 is 0 Å². The van der Waals surface area contributed by atoms with Crippen LogP contribution in [-0.4, -0.2) is 132 Å². The molecule has 17 nitrogen and oxygen atoms in total. The van der Waals surface area contributed by atoms with Gasteiger partial charge in [0, 0.05) is 24.6 Å². The maximum absolute atomic E-state index is 13.7. The van der Waals surface area contributed by atoms with Gasteiger partial charge in [-0.25, -0.2) is 9.59 Å². The molecule has 5 aromatic carbocycles. The fourth-order valence-electron chi connectivity index (χ4n) is 9.50. The molecule has 0 heterocycles. The lowest BCUT2D eigenvalue weighted by Crippen LogP contribution is -2.56. The highest BCUT2D eigenvalue weighted by atomic mass is 16.6. The number of hydrogen-bond acceptors (Lipinski definition) is 13. The fourth-order valence-corrected chi connectivity index (χ4v) is 9.50. The largest absolute Gasteiger partial charge is 0.493 e. The Hall–Kier alpha value is -7.70. The van der Waals surface area contributed by atoms with Gasteiger partial charge in [0.15, 0.2) is 11.9 Å². The van der Waals surface area contributed by atoms with Crippen LogP contribution in [-0.2, 0) is 55.3 Å². The van der Waals surface area contributed by atoms with Gasteiger partial charge < -0.3 is 54.8 Å². The average molecular weight is 1150 g/mol. The topological polar surface area (TPSA) is 226 Å². The summed E-state index contributed by atoms with van der Waals surface area (Å²) in [7, 11) is 1.29. The first kappa shape index (κ1) is 65.5. The molecular formula is C67H84N4O13. The standard InChI is InChI=1S/C67H84N4O13/c1-44(2)36-57(70-63(76)61(74)56(37-45-18-11-10-12-19-45)71-65(78)84-42-55-52-22-15-13-20-50(52)51-21-14-16-23-53(51)55)62(75)69-29-31-80-32-33-81-34-35-82-43-60(73)68-28-17-30-83-59-38-46(24-26-54(59)64(77)79-9)25-27-58(72)47-39-48(66(3,4)5)41-49(40-47)67(6,7)8/h10-16,18-27,38-41,44,55-57,61,74H,17,28-37,42-43H2,1-9H3,(H,68,73)(H,69,75)(H,70,76)(H,71,78)/b27-25+/t56-,57+,61+/m1/s1. The van der Waals surface area contributed by atoms with Crippen molar-refractivity contribution in [2.75, 3.05) is 73.1 Å². The van der Waals surface area contributed by atoms with Gasteiger partial charge in [-0.15, -0.1) is 0 Å². The summed E-state index contributed by atoms with van der Waals surface area (Å²) in [5.41, 5.74) is 8.40. The molecule has 0 spiro atoms. The molecule has 5 aromatic rings. The number of allylic oxidation sites excluding steroid dienone is 1. The highest BCUT2D eigenvalue weighted by molar-refractivity contribution is 6.07. The third kappa shape index (κ3) is 20.0. The van der Waals surface area contributed by atoms with Crippen LogP contribution in [0.4, 0.5) is 4.79 Å². The number of alkyl carbamates (subject to hydrolysis) is 1. The Kier molecular flexibility index (Phi) is 24.8. The third-order valence-corrected chi connectivity index (χ3v) is 14.1. The van der Waals surface area contributed by atoms with Crippen molar-refractivity contribution in [3.63, 3.8) is 0 Å². The number of benzene rings is 5. The SMILES string of the molecule is COC(=O)c1ccc(/C=C/C(=O)c2cc(C(C)(C)C)cc(C(C)(C)C)c2)cc1OCCCNC(=O)COCCOCCOCCNC(=O)[C@H](CC(C)C)NC(=O)[C@@H](O)[C@@H](Cc1ccccc1)NC(=O)OCC1c2ccccc2-c2ccccc21. The molecule has 0 saturated carbocycles. The van der Waals surface area contributed by atoms with Crippen LogP contribution in [0.5, 0.6) is 5.75 Å². The summed E-state index contributed by atoms with van der Waals surface area (Å²) in [5, 5.41) is 22.5. The van der Waals surface area contributed by atoms with E-state index in [1.54, 1.807) is 24.3 Å². The van der Waals surface area contributed by atoms with Crippen LogP contribution in [0, 0.1) is 5.92 Å². The zero-order chi connectivity index (χ0) is 60.8. The molecular weight excluding hydrogens is 1070 g/mol. The molecule has 0 unspecified atom stereocenters. The molecule has 0 aliphatic heterocycles. The van der Waals surface area contributed by atoms with E-state index in [0.717, 1.165) is 38.9 Å². The predicted molar refractivity (Wildman–Crippen MR) is 323 cm³/mol. The number of amides is 4. The van der Waals surface area contributed by atoms with E-state index in [-0.39, 0.29) is 118 Å². The minimum absolute atomic E-state index is 0.0112. The molecule has 4 amide bonds. The second-order valence-electron chi connectivity index (χ2n) is 23.3. The number of aliphatic hydroxyl groups is 1. The Bertz CT molecular complexity index is 2960. The lowest BCUT2D eigenvalue weighted by molar-refractivity contribution is -0.135. The summed E-state index contributed by atoms with van der Waals surface area (Å²) in [4.78, 5) is 79.0. The first-order valence-electron chi connectivity index (χ1n) is 28.8. The molecule has 5 N–H and O–H groups in total. The summed E-state index contributed by atoms with van der Waals surface area (Å²) >= 11 is 0. The van der Waals surface area contributed by atoms with Crippen LogP contribution in [0.2, 0.25) is 0 Å². The fraction of sp³-hybridized carbons (Fsp3) is 0.433. The molecule has 84 heavy (non-hydrogen) atoms. The zero-order valence-electron chi connectivity index (χ0n) is 50.0. The Labute approximate surface area is 494 Å². The number of ketones is 1. The van der Waals surface area contributed by atoms with Gasteiger partial charge in [0.1, 0.15) is 30.6 Å². The molecule has 450 valence electrons. The summed E-state index contributed by atoms with van der Waals surface area (Å²) in [5.74, 6) is -2.19. The van der Waals surface area contributed by atoms with Crippen molar-refractivity contribution >= 4 is 41.6 Å². The second kappa shape index (κ2) is 31.8. The minimum Gasteiger partial charge on any atom is -0.493 e. The van der Waals surface area contributed by atoms with E-state index in [1.807, 2.05) is 105 Å². The Morgan fingerprint density at radius 3 is 1.88 bits per heavy atom. The van der Waals surface area contributed by atoms with Crippen LogP contribution >= 0.6 is 0 Å². The number of esters is 1. The smallest absolute Gasteiger partial charge is 0.407 e. The Morgan fingerprint density at radius 1 is 0.655 bits per heavy atom. The van der Waals surface area contributed by atoms with E-state index in [4.69, 9.17) is 28.4 Å². The van der Waals surface area contributed by atoms with E-state index in [2.05, 4.69) is 68.9 Å². The molecule has 0 aromatic heterocycles. The van der Waals surface area contributed by atoms with Crippen LogP contribution in [0.1, 0.15) is 128 Å². The zero-order valence-corrected chi connectivity index (χ0v) is 50.0. The van der Waals surface area contributed by atoms with Crippen molar-refractivity contribution in [1.29, 1.82) is 0 Å². The number of ether oxygens (including phenoxy) is 6. The molecule has 6 rings (SSSR count). The Balaban J connectivity index is 0.850. The van der Waals surface area contributed by atoms with E-state index < -0.39 is 42.1 Å². The lowest BCUT2D eigenvalue weighted by atomic mass is 9.79. The second-order valence-corrected chi connectivity index (χ2v) is 23.3. The van der Waals surface area contributed by atoms with Crippen molar-refractivity contribution in [3.8, 4) is 16.9 Å². The summed E-state index contributed by atoms with van der Waals surface area (Å²) in [6.45, 7) is 18.1. The van der Waals surface area contributed by atoms with Gasteiger partial charge in [-0.3, -0.25) is 19.2 Å². The van der Waals surface area contributed by atoms with Gasteiger partial charge >= 0.3 is 12.1 Å². The van der Waals surface area contributed by atoms with Gasteiger partial charge in [-0.05, 0) is 111 Å². The number of carbonyl (C=O) groups excluding carboxylic acids is 6. The summed E-state index contributed by atoms with van der Waals surface area (Å²) < 4.78 is 33.4. The number of nitrogens with one attached hydrogen (secondary N) is 4. The molecule has 1 aliphatic carbocycles. The first-order valence-corrected chi connectivity index (χ1v) is 28.8.